The summed E-state index contributed by atoms with van der Waals surface area (Å²) < 4.78 is 0. The fourth-order valence-corrected chi connectivity index (χ4v) is 3.06. The molecule has 0 fully saturated rings. The molecule has 0 aromatic heterocycles. The van der Waals surface area contributed by atoms with E-state index in [9.17, 15) is 29.7 Å². The first kappa shape index (κ1) is 17.5. The second-order valence-corrected chi connectivity index (χ2v) is 6.18. The normalized spacial score (nSPS) is 22.8. The van der Waals surface area contributed by atoms with Crippen LogP contribution in [0.5, 0.6) is 0 Å². The summed E-state index contributed by atoms with van der Waals surface area (Å²) in [6.07, 6.45) is 5.64. The Morgan fingerprint density at radius 3 is 2.17 bits per heavy atom. The molecule has 0 aliphatic heterocycles. The molecule has 2 atom stereocenters. The summed E-state index contributed by atoms with van der Waals surface area (Å²) in [6.45, 7) is 5.50. The van der Waals surface area contributed by atoms with Gasteiger partial charge in [-0.05, 0) is 30.5 Å². The Balaban J connectivity index is 2.90. The number of benzene rings is 1. The molecule has 3 N–H and O–H groups in total. The third-order valence-corrected chi connectivity index (χ3v) is 4.53. The van der Waals surface area contributed by atoms with Gasteiger partial charge in [-0.2, -0.15) is 0 Å². The van der Waals surface area contributed by atoms with Crippen LogP contribution in [0.3, 0.4) is 0 Å². The molecule has 1 aliphatic rings. The standard InChI is InChI=1S/C18H18O6/c1-9-4-5-10(2)18(3,8-9)13-7-11(15(19)20)6-12(16(21)22)14(13)17(23)24/h4-8,10H,1-3H3,(H,19,20)(H,21,22)(H,23,24). The van der Waals surface area contributed by atoms with Crippen molar-refractivity contribution >= 4 is 17.9 Å². The first-order chi connectivity index (χ1) is 11.1. The van der Waals surface area contributed by atoms with Crippen LogP contribution in [0, 0.1) is 5.92 Å². The topological polar surface area (TPSA) is 112 Å². The molecular weight excluding hydrogens is 312 g/mol. The summed E-state index contributed by atoms with van der Waals surface area (Å²) in [6, 6.07) is 2.15. The highest BCUT2D eigenvalue weighted by Gasteiger charge is 2.37. The molecule has 0 spiro atoms. The lowest BCUT2D eigenvalue weighted by atomic mass is 9.67. The van der Waals surface area contributed by atoms with Crippen molar-refractivity contribution in [3.63, 3.8) is 0 Å². The van der Waals surface area contributed by atoms with Crippen LogP contribution in [0.15, 0.2) is 35.9 Å². The number of hydrogen-bond donors (Lipinski definition) is 3. The van der Waals surface area contributed by atoms with Gasteiger partial charge in [-0.3, -0.25) is 0 Å². The second kappa shape index (κ2) is 5.96. The van der Waals surface area contributed by atoms with E-state index in [1.165, 1.54) is 6.07 Å². The van der Waals surface area contributed by atoms with E-state index >= 15 is 0 Å². The summed E-state index contributed by atoms with van der Waals surface area (Å²) in [4.78, 5) is 34.6. The molecule has 0 saturated heterocycles. The van der Waals surface area contributed by atoms with Crippen LogP contribution >= 0.6 is 0 Å². The summed E-state index contributed by atoms with van der Waals surface area (Å²) in [7, 11) is 0. The highest BCUT2D eigenvalue weighted by atomic mass is 16.4. The maximum atomic E-state index is 11.8. The van der Waals surface area contributed by atoms with E-state index in [-0.39, 0.29) is 22.6 Å². The molecule has 24 heavy (non-hydrogen) atoms. The molecule has 6 nitrogen and oxygen atoms in total. The number of aromatic carboxylic acids is 3. The molecule has 0 saturated carbocycles. The van der Waals surface area contributed by atoms with E-state index in [0.29, 0.717) is 0 Å². The molecule has 0 bridgehead atoms. The van der Waals surface area contributed by atoms with Gasteiger partial charge in [0.1, 0.15) is 0 Å². The van der Waals surface area contributed by atoms with E-state index in [4.69, 9.17) is 0 Å². The molecule has 0 radical (unpaired) electrons. The SMILES string of the molecule is CC1=CC(C)(c2cc(C(=O)O)cc(C(=O)O)c2C(=O)O)C(C)C=C1. The number of carbonyl (C=O) groups is 3. The predicted octanol–water partition coefficient (Wildman–Crippen LogP) is 3.19. The zero-order valence-electron chi connectivity index (χ0n) is 13.5. The Labute approximate surface area is 138 Å². The van der Waals surface area contributed by atoms with Crippen LogP contribution in [-0.4, -0.2) is 33.2 Å². The summed E-state index contributed by atoms with van der Waals surface area (Å²) in [5, 5.41) is 28.2. The minimum Gasteiger partial charge on any atom is -0.478 e. The van der Waals surface area contributed by atoms with Gasteiger partial charge in [0.15, 0.2) is 0 Å². The van der Waals surface area contributed by atoms with Crippen molar-refractivity contribution in [1.82, 2.24) is 0 Å². The van der Waals surface area contributed by atoms with Crippen molar-refractivity contribution < 1.29 is 29.7 Å². The Bertz CT molecular complexity index is 802. The Morgan fingerprint density at radius 2 is 1.67 bits per heavy atom. The van der Waals surface area contributed by atoms with E-state index in [2.05, 4.69) is 0 Å². The lowest BCUT2D eigenvalue weighted by Crippen LogP contribution is -2.32. The second-order valence-electron chi connectivity index (χ2n) is 6.18. The summed E-state index contributed by atoms with van der Waals surface area (Å²) in [5.41, 5.74) is -0.899. The third kappa shape index (κ3) is 2.82. The predicted molar refractivity (Wildman–Crippen MR) is 86.7 cm³/mol. The van der Waals surface area contributed by atoms with Gasteiger partial charge in [-0.15, -0.1) is 0 Å². The maximum Gasteiger partial charge on any atom is 0.336 e. The van der Waals surface area contributed by atoms with E-state index in [1.807, 2.05) is 32.1 Å². The van der Waals surface area contributed by atoms with Gasteiger partial charge in [-0.25, -0.2) is 14.4 Å². The zero-order valence-corrected chi connectivity index (χ0v) is 13.5. The van der Waals surface area contributed by atoms with Crippen molar-refractivity contribution in [2.45, 2.75) is 26.2 Å². The van der Waals surface area contributed by atoms with Gasteiger partial charge in [0.05, 0.1) is 16.7 Å². The highest BCUT2D eigenvalue weighted by molar-refractivity contribution is 6.05. The van der Waals surface area contributed by atoms with Crippen molar-refractivity contribution in [1.29, 1.82) is 0 Å². The van der Waals surface area contributed by atoms with E-state index in [0.717, 1.165) is 11.6 Å². The molecule has 1 aromatic rings. The van der Waals surface area contributed by atoms with Crippen LogP contribution < -0.4 is 0 Å². The largest absolute Gasteiger partial charge is 0.478 e. The van der Waals surface area contributed by atoms with Crippen LogP contribution in [0.1, 0.15) is 57.4 Å². The Hall–Kier alpha value is -2.89. The fraction of sp³-hybridized carbons (Fsp3) is 0.278. The monoisotopic (exact) mass is 330 g/mol. The molecule has 0 amide bonds. The van der Waals surface area contributed by atoms with Crippen molar-refractivity contribution in [2.24, 2.45) is 5.92 Å². The molecule has 1 aromatic carbocycles. The number of carboxylic acids is 3. The van der Waals surface area contributed by atoms with Gasteiger partial charge in [0.2, 0.25) is 0 Å². The van der Waals surface area contributed by atoms with Crippen molar-refractivity contribution in [3.05, 3.63) is 58.2 Å². The smallest absolute Gasteiger partial charge is 0.336 e. The first-order valence-corrected chi connectivity index (χ1v) is 7.34. The molecule has 6 heteroatoms. The molecule has 0 heterocycles. The third-order valence-electron chi connectivity index (χ3n) is 4.53. The molecular formula is C18H18O6. The summed E-state index contributed by atoms with van der Waals surface area (Å²) in [5.74, 6) is -4.31. The molecule has 2 rings (SSSR count). The van der Waals surface area contributed by atoms with Crippen LogP contribution in [0.25, 0.3) is 0 Å². The minimum atomic E-state index is -1.47. The van der Waals surface area contributed by atoms with E-state index < -0.39 is 28.9 Å². The number of allylic oxidation sites excluding steroid dienone is 4. The first-order valence-electron chi connectivity index (χ1n) is 7.34. The van der Waals surface area contributed by atoms with E-state index in [1.54, 1.807) is 6.92 Å². The molecule has 126 valence electrons. The molecule has 2 unspecified atom stereocenters. The van der Waals surface area contributed by atoms with Crippen molar-refractivity contribution in [3.8, 4) is 0 Å². The average Bonchev–Trinajstić information content (AvgIpc) is 2.49. The fourth-order valence-electron chi connectivity index (χ4n) is 3.06. The Morgan fingerprint density at radius 1 is 1.04 bits per heavy atom. The van der Waals surface area contributed by atoms with Gasteiger partial charge in [0, 0.05) is 5.41 Å². The minimum absolute atomic E-state index is 0.134. The lowest BCUT2D eigenvalue weighted by molar-refractivity contribution is 0.0646. The van der Waals surface area contributed by atoms with Crippen LogP contribution in [0.4, 0.5) is 0 Å². The van der Waals surface area contributed by atoms with Gasteiger partial charge in [0.25, 0.3) is 0 Å². The lowest BCUT2D eigenvalue weighted by Gasteiger charge is -2.36. The summed E-state index contributed by atoms with van der Waals surface area (Å²) >= 11 is 0. The average molecular weight is 330 g/mol. The number of hydrogen-bond acceptors (Lipinski definition) is 3. The zero-order chi connectivity index (χ0) is 18.2. The number of carboxylic acid groups (broad SMARTS) is 3. The van der Waals surface area contributed by atoms with Gasteiger partial charge < -0.3 is 15.3 Å². The van der Waals surface area contributed by atoms with Gasteiger partial charge >= 0.3 is 17.9 Å². The maximum absolute atomic E-state index is 11.8. The number of rotatable bonds is 4. The highest BCUT2D eigenvalue weighted by Crippen LogP contribution is 2.41. The van der Waals surface area contributed by atoms with Crippen LogP contribution in [-0.2, 0) is 5.41 Å². The Kier molecular flexibility index (Phi) is 4.34. The van der Waals surface area contributed by atoms with Crippen molar-refractivity contribution in [2.75, 3.05) is 0 Å². The van der Waals surface area contributed by atoms with Gasteiger partial charge in [-0.1, -0.05) is 37.6 Å². The van der Waals surface area contributed by atoms with Crippen LogP contribution in [0.2, 0.25) is 0 Å². The quantitative estimate of drug-likeness (QED) is 0.781. The molecule has 1 aliphatic carbocycles.